The summed E-state index contributed by atoms with van der Waals surface area (Å²) < 4.78 is 10.5. The van der Waals surface area contributed by atoms with Crippen molar-refractivity contribution in [2.24, 2.45) is 5.73 Å². The second-order valence-electron chi connectivity index (χ2n) is 5.34. The van der Waals surface area contributed by atoms with Crippen molar-refractivity contribution in [3.8, 4) is 5.75 Å². The zero-order valence-electron chi connectivity index (χ0n) is 12.6. The first-order valence-corrected chi connectivity index (χ1v) is 7.47. The highest BCUT2D eigenvalue weighted by molar-refractivity contribution is 5.77. The highest BCUT2D eigenvalue weighted by atomic mass is 16.5. The molecule has 1 atom stereocenters. The van der Waals surface area contributed by atoms with Crippen molar-refractivity contribution in [1.82, 2.24) is 5.32 Å². The average molecular weight is 292 g/mol. The fourth-order valence-electron chi connectivity index (χ4n) is 2.55. The Morgan fingerprint density at radius 2 is 2.33 bits per heavy atom. The number of fused-ring (bicyclic) bond motifs is 1. The van der Waals surface area contributed by atoms with Gasteiger partial charge in [-0.2, -0.15) is 0 Å². The van der Waals surface area contributed by atoms with Crippen LogP contribution in [0.5, 0.6) is 5.75 Å². The summed E-state index contributed by atoms with van der Waals surface area (Å²) >= 11 is 0. The van der Waals surface area contributed by atoms with Crippen LogP contribution in [0.15, 0.2) is 18.2 Å². The zero-order valence-corrected chi connectivity index (χ0v) is 12.6. The molecular weight excluding hydrogens is 268 g/mol. The van der Waals surface area contributed by atoms with Crippen LogP contribution in [0.25, 0.3) is 0 Å². The Labute approximate surface area is 125 Å². The Morgan fingerprint density at radius 1 is 1.48 bits per heavy atom. The number of hydrogen-bond acceptors (Lipinski definition) is 4. The molecule has 1 aromatic carbocycles. The van der Waals surface area contributed by atoms with E-state index in [4.69, 9.17) is 15.2 Å². The van der Waals surface area contributed by atoms with Crippen molar-refractivity contribution >= 4 is 5.91 Å². The lowest BCUT2D eigenvalue weighted by Gasteiger charge is -2.22. The molecule has 5 heteroatoms. The molecule has 5 nitrogen and oxygen atoms in total. The van der Waals surface area contributed by atoms with Crippen LogP contribution >= 0.6 is 0 Å². The van der Waals surface area contributed by atoms with Crippen molar-refractivity contribution in [3.05, 3.63) is 29.3 Å². The SMILES string of the molecule is COCCCNC(=O)COc1ccc2c(c1)[C@@H](N)CCC2. The number of carbonyl (C=O) groups is 1. The molecule has 0 aliphatic heterocycles. The van der Waals surface area contributed by atoms with Crippen LogP contribution in [0.3, 0.4) is 0 Å². The summed E-state index contributed by atoms with van der Waals surface area (Å²) in [6.07, 6.45) is 4.02. The molecule has 0 radical (unpaired) electrons. The third-order valence-corrected chi connectivity index (χ3v) is 3.70. The van der Waals surface area contributed by atoms with Crippen LogP contribution < -0.4 is 15.8 Å². The molecule has 0 heterocycles. The fourth-order valence-corrected chi connectivity index (χ4v) is 2.55. The molecule has 21 heavy (non-hydrogen) atoms. The number of nitrogens with one attached hydrogen (secondary N) is 1. The van der Waals surface area contributed by atoms with Gasteiger partial charge in [0.15, 0.2) is 6.61 Å². The lowest BCUT2D eigenvalue weighted by Crippen LogP contribution is -2.30. The van der Waals surface area contributed by atoms with Crippen LogP contribution in [0.4, 0.5) is 0 Å². The van der Waals surface area contributed by atoms with Crippen molar-refractivity contribution in [1.29, 1.82) is 0 Å². The number of aryl methyl sites for hydroxylation is 1. The van der Waals surface area contributed by atoms with Gasteiger partial charge in [-0.05, 0) is 48.9 Å². The van der Waals surface area contributed by atoms with E-state index in [0.29, 0.717) is 18.9 Å². The first-order chi connectivity index (χ1) is 10.2. The van der Waals surface area contributed by atoms with Gasteiger partial charge in [-0.1, -0.05) is 6.07 Å². The van der Waals surface area contributed by atoms with E-state index in [2.05, 4.69) is 11.4 Å². The average Bonchev–Trinajstić information content (AvgIpc) is 2.50. The highest BCUT2D eigenvalue weighted by Crippen LogP contribution is 2.30. The Balaban J connectivity index is 1.81. The third kappa shape index (κ3) is 4.72. The number of amides is 1. The first kappa shape index (κ1) is 15.8. The molecule has 0 aromatic heterocycles. The lowest BCUT2D eigenvalue weighted by molar-refractivity contribution is -0.123. The first-order valence-electron chi connectivity index (χ1n) is 7.47. The number of carbonyl (C=O) groups excluding carboxylic acids is 1. The molecule has 1 amide bonds. The molecule has 1 aliphatic carbocycles. The maximum atomic E-state index is 11.6. The fraction of sp³-hybridized carbons (Fsp3) is 0.562. The number of hydrogen-bond donors (Lipinski definition) is 2. The topological polar surface area (TPSA) is 73.6 Å². The van der Waals surface area contributed by atoms with Gasteiger partial charge in [0.05, 0.1) is 0 Å². The van der Waals surface area contributed by atoms with Crippen LogP contribution in [-0.2, 0) is 16.0 Å². The molecule has 116 valence electrons. The van der Waals surface area contributed by atoms with Crippen molar-refractivity contribution in [2.45, 2.75) is 31.7 Å². The summed E-state index contributed by atoms with van der Waals surface area (Å²) in [4.78, 5) is 11.6. The quantitative estimate of drug-likeness (QED) is 0.748. The van der Waals surface area contributed by atoms with E-state index in [1.807, 2.05) is 12.1 Å². The molecule has 1 aromatic rings. The number of benzene rings is 1. The summed E-state index contributed by atoms with van der Waals surface area (Å²) in [5.74, 6) is 0.589. The molecule has 0 fully saturated rings. The largest absolute Gasteiger partial charge is 0.484 e. The normalized spacial score (nSPS) is 17.1. The Kier molecular flexibility index (Phi) is 6.02. The van der Waals surface area contributed by atoms with Gasteiger partial charge in [0.1, 0.15) is 5.75 Å². The van der Waals surface area contributed by atoms with Gasteiger partial charge in [-0.25, -0.2) is 0 Å². The van der Waals surface area contributed by atoms with Gasteiger partial charge in [-0.3, -0.25) is 4.79 Å². The smallest absolute Gasteiger partial charge is 0.257 e. The summed E-state index contributed by atoms with van der Waals surface area (Å²) in [5.41, 5.74) is 8.57. The molecule has 0 saturated heterocycles. The van der Waals surface area contributed by atoms with Gasteiger partial charge in [-0.15, -0.1) is 0 Å². The van der Waals surface area contributed by atoms with Crippen LogP contribution in [0, 0.1) is 0 Å². The van der Waals surface area contributed by atoms with Gasteiger partial charge < -0.3 is 20.5 Å². The predicted molar refractivity (Wildman–Crippen MR) is 81.3 cm³/mol. The minimum absolute atomic E-state index is 0.0288. The molecule has 0 bridgehead atoms. The minimum Gasteiger partial charge on any atom is -0.484 e. The lowest BCUT2D eigenvalue weighted by atomic mass is 9.88. The molecule has 1 aliphatic rings. The number of nitrogens with two attached hydrogens (primary N) is 1. The Bertz CT molecular complexity index is 477. The Morgan fingerprint density at radius 3 is 3.14 bits per heavy atom. The maximum absolute atomic E-state index is 11.6. The van der Waals surface area contributed by atoms with Crippen molar-refractivity contribution < 1.29 is 14.3 Å². The van der Waals surface area contributed by atoms with E-state index in [9.17, 15) is 4.79 Å². The van der Waals surface area contributed by atoms with Gasteiger partial charge in [0.2, 0.25) is 0 Å². The third-order valence-electron chi connectivity index (χ3n) is 3.70. The summed E-state index contributed by atoms with van der Waals surface area (Å²) in [5, 5.41) is 2.79. The zero-order chi connectivity index (χ0) is 15.1. The van der Waals surface area contributed by atoms with Crippen LogP contribution in [-0.4, -0.2) is 32.8 Å². The predicted octanol–water partition coefficient (Wildman–Crippen LogP) is 1.55. The molecule has 2 rings (SSSR count). The molecule has 3 N–H and O–H groups in total. The standard InChI is InChI=1S/C16H24N2O3/c1-20-9-3-8-18-16(19)11-21-13-7-6-12-4-2-5-15(17)14(12)10-13/h6-7,10,15H,2-5,8-9,11,17H2,1H3,(H,18,19)/t15-/m0/s1. The maximum Gasteiger partial charge on any atom is 0.257 e. The number of methoxy groups -OCH3 is 1. The van der Waals surface area contributed by atoms with Crippen molar-refractivity contribution in [2.75, 3.05) is 26.9 Å². The van der Waals surface area contributed by atoms with E-state index < -0.39 is 0 Å². The Hall–Kier alpha value is -1.59. The van der Waals surface area contributed by atoms with Gasteiger partial charge >= 0.3 is 0 Å². The summed E-state index contributed by atoms with van der Waals surface area (Å²) in [6, 6.07) is 6.02. The molecule has 0 spiro atoms. The molecular formula is C16H24N2O3. The molecule has 0 unspecified atom stereocenters. The number of rotatable bonds is 7. The molecule has 0 saturated carbocycles. The van der Waals surface area contributed by atoms with E-state index in [1.54, 1.807) is 7.11 Å². The van der Waals surface area contributed by atoms with E-state index in [0.717, 1.165) is 31.2 Å². The van der Waals surface area contributed by atoms with Crippen molar-refractivity contribution in [3.63, 3.8) is 0 Å². The minimum atomic E-state index is -0.117. The van der Waals surface area contributed by atoms with Crippen LogP contribution in [0.1, 0.15) is 36.4 Å². The van der Waals surface area contributed by atoms with Gasteiger partial charge in [0, 0.05) is 26.3 Å². The van der Waals surface area contributed by atoms with E-state index in [1.165, 1.54) is 5.56 Å². The van der Waals surface area contributed by atoms with Crippen LogP contribution in [0.2, 0.25) is 0 Å². The van der Waals surface area contributed by atoms with E-state index >= 15 is 0 Å². The monoisotopic (exact) mass is 292 g/mol. The summed E-state index contributed by atoms with van der Waals surface area (Å²) in [7, 11) is 1.64. The second kappa shape index (κ2) is 8.00. The highest BCUT2D eigenvalue weighted by Gasteiger charge is 2.17. The van der Waals surface area contributed by atoms with Gasteiger partial charge in [0.25, 0.3) is 5.91 Å². The number of ether oxygens (including phenoxy) is 2. The van der Waals surface area contributed by atoms with E-state index in [-0.39, 0.29) is 18.6 Å². The second-order valence-corrected chi connectivity index (χ2v) is 5.34. The summed E-state index contributed by atoms with van der Waals surface area (Å²) in [6.45, 7) is 1.27.